The Morgan fingerprint density at radius 3 is 2.43 bits per heavy atom. The van der Waals surface area contributed by atoms with Gasteiger partial charge in [-0.1, -0.05) is 41.6 Å². The van der Waals surface area contributed by atoms with Gasteiger partial charge in [0.25, 0.3) is 11.8 Å². The molecule has 0 fully saturated rings. The minimum absolute atomic E-state index is 0.213. The monoisotopic (exact) mass is 371 g/mol. The highest BCUT2D eigenvalue weighted by Crippen LogP contribution is 2.29. The van der Waals surface area contributed by atoms with Crippen LogP contribution in [-0.4, -0.2) is 24.0 Å². The summed E-state index contributed by atoms with van der Waals surface area (Å²) in [4.78, 5) is 24.5. The summed E-state index contributed by atoms with van der Waals surface area (Å²) in [6, 6.07) is 21.6. The number of fused-ring (bicyclic) bond motifs is 1. The number of hydrogen-bond acceptors (Lipinski definition) is 4. The standard InChI is InChI=1S/C22H17N3O3/c1-23-21(26)15-8-5-9-17(12-15)24-22(27)16-10-11-19-18(13-16)20(28-25-19)14-6-3-2-4-7-14/h2-13H,1H3,(H,23,26)(H,24,27). The second kappa shape index (κ2) is 7.36. The van der Waals surface area contributed by atoms with E-state index in [1.165, 1.54) is 0 Å². The number of carbonyl (C=O) groups excluding carboxylic acids is 2. The van der Waals surface area contributed by atoms with E-state index in [0.717, 1.165) is 10.9 Å². The van der Waals surface area contributed by atoms with Crippen LogP contribution in [0.25, 0.3) is 22.2 Å². The van der Waals surface area contributed by atoms with Gasteiger partial charge in [-0.2, -0.15) is 0 Å². The molecule has 0 aliphatic carbocycles. The van der Waals surface area contributed by atoms with Gasteiger partial charge in [0.15, 0.2) is 5.76 Å². The predicted octanol–water partition coefficient (Wildman–Crippen LogP) is 4.11. The number of rotatable bonds is 4. The van der Waals surface area contributed by atoms with E-state index < -0.39 is 0 Å². The molecule has 4 rings (SSSR count). The van der Waals surface area contributed by atoms with Crippen molar-refractivity contribution in [2.75, 3.05) is 12.4 Å². The van der Waals surface area contributed by atoms with E-state index in [1.807, 2.05) is 30.3 Å². The molecule has 3 aromatic carbocycles. The second-order valence-corrected chi connectivity index (χ2v) is 6.22. The number of anilines is 1. The zero-order valence-corrected chi connectivity index (χ0v) is 15.1. The first-order valence-corrected chi connectivity index (χ1v) is 8.74. The molecule has 0 radical (unpaired) electrons. The van der Waals surface area contributed by atoms with E-state index in [0.29, 0.717) is 28.1 Å². The van der Waals surface area contributed by atoms with Crippen LogP contribution >= 0.6 is 0 Å². The van der Waals surface area contributed by atoms with Crippen molar-refractivity contribution in [1.29, 1.82) is 0 Å². The van der Waals surface area contributed by atoms with E-state index >= 15 is 0 Å². The van der Waals surface area contributed by atoms with Gasteiger partial charge in [0.1, 0.15) is 5.52 Å². The molecule has 1 aromatic heterocycles. The molecule has 0 unspecified atom stereocenters. The zero-order valence-electron chi connectivity index (χ0n) is 15.1. The third-order valence-electron chi connectivity index (χ3n) is 4.38. The van der Waals surface area contributed by atoms with Crippen molar-refractivity contribution in [3.63, 3.8) is 0 Å². The summed E-state index contributed by atoms with van der Waals surface area (Å²) < 4.78 is 5.48. The summed E-state index contributed by atoms with van der Waals surface area (Å²) in [6.07, 6.45) is 0. The first-order valence-electron chi connectivity index (χ1n) is 8.74. The molecule has 0 aliphatic heterocycles. The minimum Gasteiger partial charge on any atom is -0.355 e. The van der Waals surface area contributed by atoms with Gasteiger partial charge < -0.3 is 15.2 Å². The van der Waals surface area contributed by atoms with E-state index in [9.17, 15) is 9.59 Å². The van der Waals surface area contributed by atoms with Crippen LogP contribution in [0.4, 0.5) is 5.69 Å². The fourth-order valence-electron chi connectivity index (χ4n) is 2.97. The largest absolute Gasteiger partial charge is 0.355 e. The summed E-state index contributed by atoms with van der Waals surface area (Å²) in [5.41, 5.74) is 3.05. The quantitative estimate of drug-likeness (QED) is 0.565. The summed E-state index contributed by atoms with van der Waals surface area (Å²) in [5, 5.41) is 10.2. The Labute approximate surface area is 161 Å². The molecule has 0 spiro atoms. The van der Waals surface area contributed by atoms with Crippen molar-refractivity contribution in [3.05, 3.63) is 83.9 Å². The van der Waals surface area contributed by atoms with E-state index in [2.05, 4.69) is 15.8 Å². The van der Waals surface area contributed by atoms with Gasteiger partial charge >= 0.3 is 0 Å². The summed E-state index contributed by atoms with van der Waals surface area (Å²) in [6.45, 7) is 0. The third kappa shape index (κ3) is 3.35. The highest BCUT2D eigenvalue weighted by atomic mass is 16.5. The maximum absolute atomic E-state index is 12.7. The molecular formula is C22H17N3O3. The maximum Gasteiger partial charge on any atom is 0.255 e. The lowest BCUT2D eigenvalue weighted by atomic mass is 10.1. The molecule has 0 saturated heterocycles. The Balaban J connectivity index is 1.64. The fourth-order valence-corrected chi connectivity index (χ4v) is 2.97. The Kier molecular flexibility index (Phi) is 4.60. The third-order valence-corrected chi connectivity index (χ3v) is 4.38. The van der Waals surface area contributed by atoms with Crippen LogP contribution in [0.3, 0.4) is 0 Å². The average Bonchev–Trinajstić information content (AvgIpc) is 3.17. The van der Waals surface area contributed by atoms with Crippen molar-refractivity contribution >= 4 is 28.4 Å². The summed E-state index contributed by atoms with van der Waals surface area (Å²) >= 11 is 0. The highest BCUT2D eigenvalue weighted by molar-refractivity contribution is 6.08. The van der Waals surface area contributed by atoms with Crippen molar-refractivity contribution < 1.29 is 14.1 Å². The molecule has 4 aromatic rings. The predicted molar refractivity (Wildman–Crippen MR) is 107 cm³/mol. The SMILES string of the molecule is CNC(=O)c1cccc(NC(=O)c2ccc3noc(-c4ccccc4)c3c2)c1. The van der Waals surface area contributed by atoms with Gasteiger partial charge in [-0.25, -0.2) is 0 Å². The number of benzene rings is 3. The average molecular weight is 371 g/mol. The van der Waals surface area contributed by atoms with E-state index in [4.69, 9.17) is 4.52 Å². The molecular weight excluding hydrogens is 354 g/mol. The van der Waals surface area contributed by atoms with Crippen molar-refractivity contribution in [2.45, 2.75) is 0 Å². The fraction of sp³-hybridized carbons (Fsp3) is 0.0455. The molecule has 2 N–H and O–H groups in total. The first kappa shape index (κ1) is 17.5. The number of nitrogens with one attached hydrogen (secondary N) is 2. The number of amides is 2. The number of carbonyl (C=O) groups is 2. The maximum atomic E-state index is 12.7. The molecule has 1 heterocycles. The van der Waals surface area contributed by atoms with Crippen LogP contribution in [0.2, 0.25) is 0 Å². The molecule has 0 atom stereocenters. The Hall–Kier alpha value is -3.93. The van der Waals surface area contributed by atoms with Gasteiger partial charge in [-0.05, 0) is 36.4 Å². The zero-order chi connectivity index (χ0) is 19.5. The van der Waals surface area contributed by atoms with Crippen LogP contribution in [-0.2, 0) is 0 Å². The lowest BCUT2D eigenvalue weighted by Crippen LogP contribution is -2.18. The van der Waals surface area contributed by atoms with Gasteiger partial charge in [-0.15, -0.1) is 0 Å². The highest BCUT2D eigenvalue weighted by Gasteiger charge is 2.14. The van der Waals surface area contributed by atoms with E-state index in [1.54, 1.807) is 49.5 Å². The van der Waals surface area contributed by atoms with Crippen molar-refractivity contribution in [1.82, 2.24) is 10.5 Å². The normalized spacial score (nSPS) is 10.6. The second-order valence-electron chi connectivity index (χ2n) is 6.22. The van der Waals surface area contributed by atoms with E-state index in [-0.39, 0.29) is 11.8 Å². The molecule has 2 amide bonds. The summed E-state index contributed by atoms with van der Waals surface area (Å²) in [5.74, 6) is 0.123. The van der Waals surface area contributed by atoms with Crippen molar-refractivity contribution in [3.8, 4) is 11.3 Å². The van der Waals surface area contributed by atoms with Crippen LogP contribution in [0, 0.1) is 0 Å². The number of aromatic nitrogens is 1. The lowest BCUT2D eigenvalue weighted by molar-refractivity contribution is 0.0961. The molecule has 6 heteroatoms. The topological polar surface area (TPSA) is 84.2 Å². The molecule has 6 nitrogen and oxygen atoms in total. The van der Waals surface area contributed by atoms with Gasteiger partial charge in [0, 0.05) is 29.4 Å². The summed E-state index contributed by atoms with van der Waals surface area (Å²) in [7, 11) is 1.56. The Morgan fingerprint density at radius 2 is 1.64 bits per heavy atom. The minimum atomic E-state index is -0.281. The smallest absolute Gasteiger partial charge is 0.255 e. The van der Waals surface area contributed by atoms with Crippen LogP contribution in [0.5, 0.6) is 0 Å². The Morgan fingerprint density at radius 1 is 0.857 bits per heavy atom. The van der Waals surface area contributed by atoms with Crippen LogP contribution in [0.15, 0.2) is 77.3 Å². The molecule has 0 bridgehead atoms. The van der Waals surface area contributed by atoms with Crippen LogP contribution < -0.4 is 10.6 Å². The van der Waals surface area contributed by atoms with Crippen LogP contribution in [0.1, 0.15) is 20.7 Å². The lowest BCUT2D eigenvalue weighted by Gasteiger charge is -2.07. The number of hydrogen-bond donors (Lipinski definition) is 2. The van der Waals surface area contributed by atoms with Gasteiger partial charge in [-0.3, -0.25) is 9.59 Å². The number of nitrogens with zero attached hydrogens (tertiary/aromatic N) is 1. The van der Waals surface area contributed by atoms with Gasteiger partial charge in [0.2, 0.25) is 0 Å². The van der Waals surface area contributed by atoms with Gasteiger partial charge in [0.05, 0.1) is 5.39 Å². The molecule has 138 valence electrons. The molecule has 28 heavy (non-hydrogen) atoms. The first-order chi connectivity index (χ1) is 13.7. The molecule has 0 aliphatic rings. The molecule has 0 saturated carbocycles. The van der Waals surface area contributed by atoms with Crippen molar-refractivity contribution in [2.24, 2.45) is 0 Å². The Bertz CT molecular complexity index is 1170.